The first kappa shape index (κ1) is 9.88. The molecule has 2 N–H and O–H groups in total. The lowest BCUT2D eigenvalue weighted by atomic mass is 10.4. The van der Waals surface area contributed by atoms with Crippen LogP contribution in [0.15, 0.2) is 12.3 Å². The first-order chi connectivity index (χ1) is 6.22. The van der Waals surface area contributed by atoms with E-state index in [9.17, 15) is 0 Å². The van der Waals surface area contributed by atoms with Gasteiger partial charge < -0.3 is 14.9 Å². The molecule has 1 unspecified atom stereocenters. The Bertz CT molecular complexity index is 267. The van der Waals surface area contributed by atoms with E-state index in [0.29, 0.717) is 0 Å². The van der Waals surface area contributed by atoms with Gasteiger partial charge in [-0.15, -0.1) is 0 Å². The molecule has 1 aromatic heterocycles. The molecule has 1 atom stereocenters. The van der Waals surface area contributed by atoms with Crippen molar-refractivity contribution in [2.45, 2.75) is 13.0 Å². The molecule has 0 aliphatic rings. The molecular formula is C8H12N2O3. The standard InChI is InChI=1S/C8H12N2O3/c1-6-2-3-9-8(10-6)13-5-7(12)4-11/h2-3,7,11-12H,4-5H2,1H3. The second-order valence-corrected chi connectivity index (χ2v) is 2.63. The zero-order valence-electron chi connectivity index (χ0n) is 7.34. The van der Waals surface area contributed by atoms with E-state index in [0.717, 1.165) is 5.69 Å². The van der Waals surface area contributed by atoms with E-state index in [1.165, 1.54) is 0 Å². The monoisotopic (exact) mass is 184 g/mol. The fourth-order valence-electron chi connectivity index (χ4n) is 0.719. The van der Waals surface area contributed by atoms with Gasteiger partial charge >= 0.3 is 6.01 Å². The van der Waals surface area contributed by atoms with Crippen LogP contribution in [0.4, 0.5) is 0 Å². The van der Waals surface area contributed by atoms with Crippen molar-refractivity contribution in [1.29, 1.82) is 0 Å². The molecule has 0 radical (unpaired) electrons. The number of nitrogens with zero attached hydrogens (tertiary/aromatic N) is 2. The second-order valence-electron chi connectivity index (χ2n) is 2.63. The van der Waals surface area contributed by atoms with Crippen LogP contribution in [0.3, 0.4) is 0 Å². The molecule has 0 amide bonds. The van der Waals surface area contributed by atoms with Crippen molar-refractivity contribution >= 4 is 0 Å². The number of rotatable bonds is 4. The molecule has 5 nitrogen and oxygen atoms in total. The number of aromatic nitrogens is 2. The Morgan fingerprint density at radius 3 is 3.00 bits per heavy atom. The van der Waals surface area contributed by atoms with Gasteiger partial charge in [0.1, 0.15) is 12.7 Å². The fourth-order valence-corrected chi connectivity index (χ4v) is 0.719. The molecule has 0 aliphatic carbocycles. The lowest BCUT2D eigenvalue weighted by Gasteiger charge is -2.07. The predicted octanol–water partition coefficient (Wildman–Crippen LogP) is -0.483. The second kappa shape index (κ2) is 4.74. The molecule has 13 heavy (non-hydrogen) atoms. The van der Waals surface area contributed by atoms with Gasteiger partial charge in [0.2, 0.25) is 0 Å². The topological polar surface area (TPSA) is 75.5 Å². The number of hydrogen-bond donors (Lipinski definition) is 2. The van der Waals surface area contributed by atoms with E-state index in [1.54, 1.807) is 12.3 Å². The lowest BCUT2D eigenvalue weighted by molar-refractivity contribution is 0.0504. The number of hydrogen-bond acceptors (Lipinski definition) is 5. The van der Waals surface area contributed by atoms with Crippen molar-refractivity contribution < 1.29 is 14.9 Å². The van der Waals surface area contributed by atoms with Crippen molar-refractivity contribution in [2.24, 2.45) is 0 Å². The summed E-state index contributed by atoms with van der Waals surface area (Å²) < 4.78 is 5.01. The fraction of sp³-hybridized carbons (Fsp3) is 0.500. The average molecular weight is 184 g/mol. The van der Waals surface area contributed by atoms with Crippen LogP contribution >= 0.6 is 0 Å². The number of aryl methyl sites for hydroxylation is 1. The van der Waals surface area contributed by atoms with E-state index in [4.69, 9.17) is 14.9 Å². The van der Waals surface area contributed by atoms with Crippen LogP contribution in [0, 0.1) is 6.92 Å². The van der Waals surface area contributed by atoms with Crippen LogP contribution in [0.25, 0.3) is 0 Å². The summed E-state index contributed by atoms with van der Waals surface area (Å²) in [6.45, 7) is 1.49. The number of ether oxygens (including phenoxy) is 1. The Kier molecular flexibility index (Phi) is 3.60. The highest BCUT2D eigenvalue weighted by molar-refractivity contribution is 5.02. The summed E-state index contributed by atoms with van der Waals surface area (Å²) in [4.78, 5) is 7.77. The molecule has 0 saturated carbocycles. The normalized spacial score (nSPS) is 12.5. The molecule has 0 saturated heterocycles. The van der Waals surface area contributed by atoms with Crippen molar-refractivity contribution in [3.63, 3.8) is 0 Å². The number of aliphatic hydroxyl groups excluding tert-OH is 2. The summed E-state index contributed by atoms with van der Waals surface area (Å²) >= 11 is 0. The van der Waals surface area contributed by atoms with Gasteiger partial charge in [-0.25, -0.2) is 9.97 Å². The largest absolute Gasteiger partial charge is 0.461 e. The van der Waals surface area contributed by atoms with Crippen LogP contribution < -0.4 is 4.74 Å². The minimum absolute atomic E-state index is 0.0000463. The minimum Gasteiger partial charge on any atom is -0.461 e. The summed E-state index contributed by atoms with van der Waals surface area (Å²) in [7, 11) is 0. The van der Waals surface area contributed by atoms with Gasteiger partial charge in [-0.05, 0) is 13.0 Å². The molecular weight excluding hydrogens is 172 g/mol. The van der Waals surface area contributed by atoms with E-state index >= 15 is 0 Å². The summed E-state index contributed by atoms with van der Waals surface area (Å²) in [5.41, 5.74) is 0.795. The zero-order chi connectivity index (χ0) is 9.68. The summed E-state index contributed by atoms with van der Waals surface area (Å²) in [6, 6.07) is 1.96. The Morgan fingerprint density at radius 2 is 2.38 bits per heavy atom. The SMILES string of the molecule is Cc1ccnc(OCC(O)CO)n1. The maximum atomic E-state index is 8.96. The highest BCUT2D eigenvalue weighted by Gasteiger charge is 2.04. The molecule has 72 valence electrons. The van der Waals surface area contributed by atoms with Crippen LogP contribution in [0.1, 0.15) is 5.69 Å². The van der Waals surface area contributed by atoms with Gasteiger partial charge in [-0.2, -0.15) is 0 Å². The third-order valence-electron chi connectivity index (χ3n) is 1.39. The van der Waals surface area contributed by atoms with Crippen molar-refractivity contribution in [2.75, 3.05) is 13.2 Å². The van der Waals surface area contributed by atoms with Gasteiger partial charge in [0.15, 0.2) is 0 Å². The first-order valence-electron chi connectivity index (χ1n) is 3.93. The molecule has 0 aromatic carbocycles. The Labute approximate surface area is 76.0 Å². The quantitative estimate of drug-likeness (QED) is 0.660. The van der Waals surface area contributed by atoms with Gasteiger partial charge in [0.25, 0.3) is 0 Å². The highest BCUT2D eigenvalue weighted by atomic mass is 16.5. The predicted molar refractivity (Wildman–Crippen MR) is 45.4 cm³/mol. The Hall–Kier alpha value is -1.20. The van der Waals surface area contributed by atoms with Gasteiger partial charge in [-0.1, -0.05) is 0 Å². The molecule has 1 rings (SSSR count). The van der Waals surface area contributed by atoms with Crippen LogP contribution in [-0.4, -0.2) is 39.5 Å². The van der Waals surface area contributed by atoms with Crippen molar-refractivity contribution in [3.8, 4) is 6.01 Å². The first-order valence-corrected chi connectivity index (χ1v) is 3.93. The molecule has 0 aliphatic heterocycles. The van der Waals surface area contributed by atoms with E-state index < -0.39 is 6.10 Å². The third kappa shape index (κ3) is 3.35. The molecule has 0 spiro atoms. The van der Waals surface area contributed by atoms with Crippen molar-refractivity contribution in [1.82, 2.24) is 9.97 Å². The van der Waals surface area contributed by atoms with Gasteiger partial charge in [-0.3, -0.25) is 0 Å². The molecule has 1 heterocycles. The summed E-state index contributed by atoms with van der Waals surface area (Å²) in [5, 5.41) is 17.5. The Morgan fingerprint density at radius 1 is 1.62 bits per heavy atom. The van der Waals surface area contributed by atoms with Gasteiger partial charge in [0, 0.05) is 11.9 Å². The molecule has 1 aromatic rings. The maximum absolute atomic E-state index is 8.96. The van der Waals surface area contributed by atoms with E-state index in [2.05, 4.69) is 9.97 Å². The molecule has 0 fully saturated rings. The van der Waals surface area contributed by atoms with E-state index in [-0.39, 0.29) is 19.2 Å². The lowest BCUT2D eigenvalue weighted by Crippen LogP contribution is -2.21. The molecule has 0 bridgehead atoms. The maximum Gasteiger partial charge on any atom is 0.316 e. The minimum atomic E-state index is -0.885. The average Bonchev–Trinajstić information content (AvgIpc) is 2.14. The third-order valence-corrected chi connectivity index (χ3v) is 1.39. The van der Waals surface area contributed by atoms with Crippen molar-refractivity contribution in [3.05, 3.63) is 18.0 Å². The van der Waals surface area contributed by atoms with Crippen LogP contribution in [-0.2, 0) is 0 Å². The van der Waals surface area contributed by atoms with E-state index in [1.807, 2.05) is 6.92 Å². The zero-order valence-corrected chi connectivity index (χ0v) is 7.34. The van der Waals surface area contributed by atoms with Gasteiger partial charge in [0.05, 0.1) is 6.61 Å². The summed E-state index contributed by atoms with van der Waals surface area (Å²) in [6.07, 6.45) is 0.687. The van der Waals surface area contributed by atoms with Crippen LogP contribution in [0.5, 0.6) is 6.01 Å². The smallest absolute Gasteiger partial charge is 0.316 e. The summed E-state index contributed by atoms with van der Waals surface area (Å²) in [5.74, 6) is 0. The molecule has 5 heteroatoms. The highest BCUT2D eigenvalue weighted by Crippen LogP contribution is 2.01. The number of aliphatic hydroxyl groups is 2. The Balaban J connectivity index is 2.45. The van der Waals surface area contributed by atoms with Crippen LogP contribution in [0.2, 0.25) is 0 Å².